The average molecular weight is 992 g/mol. The number of halogens is 24. The Morgan fingerprint density at radius 1 is 0.284 bits per heavy atom. The van der Waals surface area contributed by atoms with Gasteiger partial charge >= 0.3 is 68.3 Å². The molecule has 0 amide bonds. The summed E-state index contributed by atoms with van der Waals surface area (Å²) in [6.45, 7) is 0. The summed E-state index contributed by atoms with van der Waals surface area (Å²) in [5, 5.41) is 0. The van der Waals surface area contributed by atoms with Crippen LogP contribution in [0.25, 0.3) is 0 Å². The third-order valence-corrected chi connectivity index (χ3v) is 9.71. The molecule has 362 valence electrons. The summed E-state index contributed by atoms with van der Waals surface area (Å²) in [6, 6.07) is 1.45. The van der Waals surface area contributed by atoms with Crippen LogP contribution in [-0.4, -0.2) is 39.1 Å². The molecule has 0 saturated heterocycles. The zero-order valence-corrected chi connectivity index (χ0v) is 32.4. The van der Waals surface area contributed by atoms with Gasteiger partial charge in [-0.25, -0.2) is 0 Å². The SMILES string of the molecule is CN(C)c1ccccc1.FC(F)(F)c1cc([B-](c2cc(C(F)(F)F)cc(C(F)(F)F)c2)(c2cc(C(F)(F)F)cc(C(F)(F)F)c2)c2cc(C(F)(F)F)cc(C(F)(F)F)c2)cc(C(F)(F)F)c1.[LiH]. The summed E-state index contributed by atoms with van der Waals surface area (Å²) in [5.41, 5.74) is -29.0. The molecule has 0 saturated carbocycles. The Balaban J connectivity index is 0.00000106. The first-order chi connectivity index (χ1) is 29.6. The molecule has 0 bridgehead atoms. The van der Waals surface area contributed by atoms with Gasteiger partial charge in [-0.2, -0.15) is 127 Å². The number of hydrogen-bond donors (Lipinski definition) is 0. The first kappa shape index (κ1) is 56.2. The van der Waals surface area contributed by atoms with E-state index in [2.05, 4.69) is 17.0 Å². The van der Waals surface area contributed by atoms with E-state index in [-0.39, 0.29) is 18.9 Å². The van der Waals surface area contributed by atoms with Gasteiger partial charge in [0.1, 0.15) is 6.15 Å². The van der Waals surface area contributed by atoms with Crippen molar-refractivity contribution in [2.24, 2.45) is 0 Å². The fourth-order valence-electron chi connectivity index (χ4n) is 6.80. The molecule has 0 radical (unpaired) electrons. The molecule has 1 nitrogen and oxygen atoms in total. The van der Waals surface area contributed by atoms with Gasteiger partial charge in [-0.15, -0.1) is 0 Å². The molecule has 0 aliphatic rings. The molecule has 0 N–H and O–H groups in total. The number of benzene rings is 5. The van der Waals surface area contributed by atoms with E-state index in [9.17, 15) is 105 Å². The van der Waals surface area contributed by atoms with Crippen LogP contribution in [0.3, 0.4) is 0 Å². The Labute approximate surface area is 373 Å². The van der Waals surface area contributed by atoms with Crippen LogP contribution < -0.4 is 26.8 Å². The Kier molecular flexibility index (Phi) is 15.7. The van der Waals surface area contributed by atoms with Crippen molar-refractivity contribution in [2.45, 2.75) is 49.4 Å². The number of anilines is 1. The van der Waals surface area contributed by atoms with Crippen LogP contribution in [0.1, 0.15) is 44.5 Å². The van der Waals surface area contributed by atoms with Gasteiger partial charge in [0, 0.05) is 19.8 Å². The molecule has 5 rings (SSSR count). The molecule has 0 heterocycles. The molecule has 67 heavy (non-hydrogen) atoms. The summed E-state index contributed by atoms with van der Waals surface area (Å²) < 4.78 is 341. The summed E-state index contributed by atoms with van der Waals surface area (Å²) in [7, 11) is 4.07. The molecule has 27 heteroatoms. The van der Waals surface area contributed by atoms with Gasteiger partial charge < -0.3 is 4.90 Å². The molecule has 0 fully saturated rings. The van der Waals surface area contributed by atoms with Crippen molar-refractivity contribution in [3.63, 3.8) is 0 Å². The minimum atomic E-state index is -6.13. The Hall–Kier alpha value is -5.12. The summed E-state index contributed by atoms with van der Waals surface area (Å²) in [6.07, 6.45) is -54.8. The van der Waals surface area contributed by atoms with Gasteiger partial charge in [-0.1, -0.05) is 66.7 Å². The van der Waals surface area contributed by atoms with Crippen molar-refractivity contribution in [3.8, 4) is 0 Å². The molecule has 5 aromatic carbocycles. The molecule has 0 unspecified atom stereocenters. The van der Waals surface area contributed by atoms with Gasteiger partial charge in [-0.3, -0.25) is 0 Å². The molecule has 0 aliphatic carbocycles. The normalized spacial score (nSPS) is 13.4. The molecular weight excluding hydrogens is 968 g/mol. The second-order valence-corrected chi connectivity index (χ2v) is 14.5. The number of nitrogens with zero attached hydrogens (tertiary/aromatic N) is 1. The first-order valence-corrected chi connectivity index (χ1v) is 17.6. The molecule has 0 atom stereocenters. The predicted octanol–water partition coefficient (Wildman–Crippen LogP) is 12.3. The molecular formula is C40H24BF24LiN-. The van der Waals surface area contributed by atoms with Crippen molar-refractivity contribution in [3.05, 3.63) is 148 Å². The third kappa shape index (κ3) is 13.1. The van der Waals surface area contributed by atoms with Crippen molar-refractivity contribution in [1.29, 1.82) is 0 Å². The van der Waals surface area contributed by atoms with Crippen LogP contribution in [0.15, 0.2) is 103 Å². The van der Waals surface area contributed by atoms with Gasteiger partial charge in [0.15, 0.2) is 0 Å². The number of rotatable bonds is 5. The van der Waals surface area contributed by atoms with E-state index >= 15 is 0 Å². The fourth-order valence-corrected chi connectivity index (χ4v) is 6.80. The molecule has 0 spiro atoms. The van der Waals surface area contributed by atoms with Crippen molar-refractivity contribution < 1.29 is 105 Å². The summed E-state index contributed by atoms with van der Waals surface area (Å²) in [5.74, 6) is 0. The van der Waals surface area contributed by atoms with E-state index in [0.717, 1.165) is 0 Å². The zero-order chi connectivity index (χ0) is 50.6. The van der Waals surface area contributed by atoms with E-state index in [1.54, 1.807) is 0 Å². The van der Waals surface area contributed by atoms with E-state index in [0.29, 0.717) is 0 Å². The summed E-state index contributed by atoms with van der Waals surface area (Å²) >= 11 is 0. The average Bonchev–Trinajstić information content (AvgIpc) is 3.15. The molecule has 0 aliphatic heterocycles. The van der Waals surface area contributed by atoms with Gasteiger partial charge in [0.05, 0.1) is 44.5 Å². The van der Waals surface area contributed by atoms with Gasteiger partial charge in [0.2, 0.25) is 0 Å². The second-order valence-electron chi connectivity index (χ2n) is 14.5. The van der Waals surface area contributed by atoms with Crippen LogP contribution in [0.4, 0.5) is 111 Å². The molecule has 5 aromatic rings. The van der Waals surface area contributed by atoms with Crippen molar-refractivity contribution in [1.82, 2.24) is 0 Å². The maximum atomic E-state index is 14.2. The van der Waals surface area contributed by atoms with Crippen molar-refractivity contribution in [2.75, 3.05) is 19.0 Å². The zero-order valence-electron chi connectivity index (χ0n) is 32.4. The van der Waals surface area contributed by atoms with E-state index in [4.69, 9.17) is 0 Å². The van der Waals surface area contributed by atoms with Gasteiger partial charge in [0.25, 0.3) is 0 Å². The minimum absolute atomic E-state index is 0. The van der Waals surface area contributed by atoms with Crippen LogP contribution in [0, 0.1) is 0 Å². The predicted molar refractivity (Wildman–Crippen MR) is 198 cm³/mol. The van der Waals surface area contributed by atoms with E-state index in [1.165, 1.54) is 5.69 Å². The molecule has 0 aromatic heterocycles. The quantitative estimate of drug-likeness (QED) is 0.125. The van der Waals surface area contributed by atoms with E-state index in [1.807, 2.05) is 32.3 Å². The summed E-state index contributed by atoms with van der Waals surface area (Å²) in [4.78, 5) is 2.08. The Bertz CT molecular complexity index is 2070. The Morgan fingerprint density at radius 2 is 0.448 bits per heavy atom. The monoisotopic (exact) mass is 992 g/mol. The van der Waals surface area contributed by atoms with Crippen LogP contribution >= 0.6 is 0 Å². The van der Waals surface area contributed by atoms with Crippen LogP contribution in [0.5, 0.6) is 0 Å². The standard InChI is InChI=1S/C32H12BF24.C8H11N.Li.H/c34-25(35,36)13-1-14(26(37,38)39)6-21(5-13)33(22-7-15(27(40,41)42)2-16(8-22)28(43,44)45,23-9-17(29(46,47)48)3-18(10-23)30(49,50)51)24-11-19(31(52,53)54)4-20(12-24)32(55,56)57;1-9(2)8-6-4-3-5-7-8;;/h1-12H;3-7H,1-2H3;;/q-1;;;. The van der Waals surface area contributed by atoms with Crippen LogP contribution in [0.2, 0.25) is 0 Å². The third-order valence-electron chi connectivity index (χ3n) is 9.71. The maximum absolute atomic E-state index is 14.2. The van der Waals surface area contributed by atoms with Crippen molar-refractivity contribution >= 4 is 52.5 Å². The second kappa shape index (κ2) is 18.8. The number of para-hydroxylation sites is 1. The number of hydrogen-bond acceptors (Lipinski definition) is 1. The number of alkyl halides is 24. The topological polar surface area (TPSA) is 3.24 Å². The fraction of sp³-hybridized carbons (Fsp3) is 0.250. The van der Waals surface area contributed by atoms with Gasteiger partial charge in [-0.05, 0) is 36.4 Å². The van der Waals surface area contributed by atoms with Crippen LogP contribution in [-0.2, 0) is 49.4 Å². The van der Waals surface area contributed by atoms with E-state index < -0.39 is 195 Å². The first-order valence-electron chi connectivity index (χ1n) is 17.6. The Morgan fingerprint density at radius 3 is 0.567 bits per heavy atom.